The van der Waals surface area contributed by atoms with Crippen LogP contribution in [0.3, 0.4) is 0 Å². The van der Waals surface area contributed by atoms with Gasteiger partial charge in [-0.25, -0.2) is 0 Å². The van der Waals surface area contributed by atoms with Crippen LogP contribution in [0.1, 0.15) is 11.1 Å². The summed E-state index contributed by atoms with van der Waals surface area (Å²) in [6.45, 7) is 2.22. The summed E-state index contributed by atoms with van der Waals surface area (Å²) in [5, 5.41) is 10.9. The number of nitro benzene ring substituents is 1. The normalized spacial score (nSPS) is 13.2. The van der Waals surface area contributed by atoms with Crippen molar-refractivity contribution < 1.29 is 14.2 Å². The maximum atomic E-state index is 10.9. The second-order valence-electron chi connectivity index (χ2n) is 4.65. The molecule has 0 atom stereocenters. The standard InChI is InChI=1S/C15H13N2O3/c1-11-7-14(17(18)19)8-12-9-16(10-20-15(11)12)13-5-3-2-4-6-13/h2-9H,10H2,1H3/q+1. The molecule has 0 aromatic heterocycles. The number of nitrogens with zero attached hydrogens (tertiary/aromatic N) is 2. The number of non-ortho nitro benzene ring substituents is 1. The minimum absolute atomic E-state index is 0.0796. The molecule has 3 rings (SSSR count). The predicted octanol–water partition coefficient (Wildman–Crippen LogP) is 3.02. The van der Waals surface area contributed by atoms with E-state index in [0.717, 1.165) is 16.8 Å². The molecule has 0 amide bonds. The van der Waals surface area contributed by atoms with Crippen LogP contribution >= 0.6 is 0 Å². The number of ether oxygens (including phenoxy) is 1. The van der Waals surface area contributed by atoms with Gasteiger partial charge in [-0.05, 0) is 12.5 Å². The Kier molecular flexibility index (Phi) is 2.95. The quantitative estimate of drug-likeness (QED) is 0.478. The number of para-hydroxylation sites is 1. The van der Waals surface area contributed by atoms with Gasteiger partial charge in [0.05, 0.1) is 10.5 Å². The largest absolute Gasteiger partial charge is 0.435 e. The van der Waals surface area contributed by atoms with Crippen molar-refractivity contribution in [2.75, 3.05) is 6.73 Å². The van der Waals surface area contributed by atoms with Crippen LogP contribution in [0.4, 0.5) is 11.4 Å². The van der Waals surface area contributed by atoms with Gasteiger partial charge in [0.25, 0.3) is 12.4 Å². The highest BCUT2D eigenvalue weighted by molar-refractivity contribution is 5.83. The monoisotopic (exact) mass is 269 g/mol. The molecule has 100 valence electrons. The number of hydrogen-bond acceptors (Lipinski definition) is 3. The number of aryl methyl sites for hydroxylation is 1. The van der Waals surface area contributed by atoms with E-state index < -0.39 is 0 Å². The van der Waals surface area contributed by atoms with Gasteiger partial charge in [0.15, 0.2) is 6.21 Å². The molecule has 0 spiro atoms. The van der Waals surface area contributed by atoms with Crippen LogP contribution in [0.2, 0.25) is 0 Å². The number of benzene rings is 2. The fourth-order valence-electron chi connectivity index (χ4n) is 2.29. The highest BCUT2D eigenvalue weighted by Crippen LogP contribution is 2.30. The van der Waals surface area contributed by atoms with Crippen molar-refractivity contribution in [2.24, 2.45) is 0 Å². The third-order valence-corrected chi connectivity index (χ3v) is 3.23. The van der Waals surface area contributed by atoms with Crippen LogP contribution in [-0.2, 0) is 0 Å². The SMILES string of the molecule is Cc1cc([N+](=O)[O-])cc2c1OC[N+](c1ccccc1)=C2. The molecular formula is C15H13N2O3+. The van der Waals surface area contributed by atoms with Gasteiger partial charge in [-0.15, -0.1) is 0 Å². The third-order valence-electron chi connectivity index (χ3n) is 3.23. The van der Waals surface area contributed by atoms with Crippen molar-refractivity contribution in [2.45, 2.75) is 6.92 Å². The second kappa shape index (κ2) is 4.77. The lowest BCUT2D eigenvalue weighted by atomic mass is 10.1. The number of rotatable bonds is 2. The Morgan fingerprint density at radius 1 is 1.25 bits per heavy atom. The lowest BCUT2D eigenvalue weighted by Crippen LogP contribution is -2.21. The average molecular weight is 269 g/mol. The molecule has 2 aromatic carbocycles. The van der Waals surface area contributed by atoms with Crippen LogP contribution in [0, 0.1) is 17.0 Å². The van der Waals surface area contributed by atoms with Gasteiger partial charge < -0.3 is 4.74 Å². The van der Waals surface area contributed by atoms with E-state index in [4.69, 9.17) is 4.74 Å². The van der Waals surface area contributed by atoms with Crippen molar-refractivity contribution in [3.8, 4) is 5.75 Å². The number of nitro groups is 1. The summed E-state index contributed by atoms with van der Waals surface area (Å²) in [4.78, 5) is 10.5. The molecule has 1 aliphatic rings. The van der Waals surface area contributed by atoms with E-state index in [2.05, 4.69) is 0 Å². The van der Waals surface area contributed by atoms with Crippen LogP contribution < -0.4 is 4.74 Å². The summed E-state index contributed by atoms with van der Waals surface area (Å²) < 4.78 is 7.65. The first-order chi connectivity index (χ1) is 9.65. The molecular weight excluding hydrogens is 256 g/mol. The lowest BCUT2D eigenvalue weighted by molar-refractivity contribution is -0.476. The first-order valence-corrected chi connectivity index (χ1v) is 6.23. The van der Waals surface area contributed by atoms with Crippen molar-refractivity contribution >= 4 is 17.6 Å². The van der Waals surface area contributed by atoms with Crippen LogP contribution in [0.5, 0.6) is 5.75 Å². The first-order valence-electron chi connectivity index (χ1n) is 6.23. The van der Waals surface area contributed by atoms with Crippen molar-refractivity contribution in [1.29, 1.82) is 0 Å². The van der Waals surface area contributed by atoms with E-state index in [9.17, 15) is 10.1 Å². The molecule has 0 fully saturated rings. The van der Waals surface area contributed by atoms with Crippen molar-refractivity contribution in [3.05, 3.63) is 63.7 Å². The van der Waals surface area contributed by atoms with Gasteiger partial charge in [-0.1, -0.05) is 18.2 Å². The molecule has 0 unspecified atom stereocenters. The van der Waals surface area contributed by atoms with Crippen molar-refractivity contribution in [3.63, 3.8) is 0 Å². The highest BCUT2D eigenvalue weighted by Gasteiger charge is 2.23. The second-order valence-corrected chi connectivity index (χ2v) is 4.65. The Hall–Kier alpha value is -2.69. The Morgan fingerprint density at radius 2 is 2.00 bits per heavy atom. The molecule has 1 aliphatic heterocycles. The maximum absolute atomic E-state index is 10.9. The molecule has 0 saturated heterocycles. The number of hydrogen-bond donors (Lipinski definition) is 0. The molecule has 0 bridgehead atoms. The first kappa shape index (κ1) is 12.3. The highest BCUT2D eigenvalue weighted by atomic mass is 16.6. The smallest absolute Gasteiger partial charge is 0.292 e. The molecule has 1 heterocycles. The Morgan fingerprint density at radius 3 is 2.70 bits per heavy atom. The summed E-state index contributed by atoms with van der Waals surface area (Å²) >= 11 is 0. The fourth-order valence-corrected chi connectivity index (χ4v) is 2.29. The Bertz CT molecular complexity index is 709. The van der Waals surface area contributed by atoms with Gasteiger partial charge in [0.1, 0.15) is 5.75 Å². The summed E-state index contributed by atoms with van der Waals surface area (Å²) in [6.07, 6.45) is 1.88. The summed E-state index contributed by atoms with van der Waals surface area (Å²) in [6, 6.07) is 12.8. The molecule has 5 heteroatoms. The summed E-state index contributed by atoms with van der Waals surface area (Å²) in [5.41, 5.74) is 2.57. The van der Waals surface area contributed by atoms with Gasteiger partial charge in [0.2, 0.25) is 5.69 Å². The Labute approximate surface area is 115 Å². The fraction of sp³-hybridized carbons (Fsp3) is 0.133. The van der Waals surface area contributed by atoms with Crippen LogP contribution in [0.15, 0.2) is 42.5 Å². The third kappa shape index (κ3) is 2.14. The van der Waals surface area contributed by atoms with Gasteiger partial charge >= 0.3 is 0 Å². The summed E-state index contributed by atoms with van der Waals surface area (Å²) in [5.74, 6) is 0.711. The van der Waals surface area contributed by atoms with Gasteiger partial charge in [-0.3, -0.25) is 10.1 Å². The minimum atomic E-state index is -0.386. The summed E-state index contributed by atoms with van der Waals surface area (Å²) in [7, 11) is 0. The van der Waals surface area contributed by atoms with E-state index in [1.807, 2.05) is 48.0 Å². The van der Waals surface area contributed by atoms with Crippen LogP contribution in [-0.4, -0.2) is 22.4 Å². The molecule has 0 N–H and O–H groups in total. The number of fused-ring (bicyclic) bond motifs is 1. The van der Waals surface area contributed by atoms with E-state index in [1.165, 1.54) is 12.1 Å². The van der Waals surface area contributed by atoms with E-state index >= 15 is 0 Å². The van der Waals surface area contributed by atoms with E-state index in [1.54, 1.807) is 0 Å². The topological polar surface area (TPSA) is 55.4 Å². The Balaban J connectivity index is 2.10. The average Bonchev–Trinajstić information content (AvgIpc) is 2.47. The van der Waals surface area contributed by atoms with E-state index in [0.29, 0.717) is 12.5 Å². The molecule has 5 nitrogen and oxygen atoms in total. The van der Waals surface area contributed by atoms with E-state index in [-0.39, 0.29) is 10.6 Å². The molecule has 2 aromatic rings. The molecule has 0 aliphatic carbocycles. The van der Waals surface area contributed by atoms with Crippen molar-refractivity contribution in [1.82, 2.24) is 0 Å². The van der Waals surface area contributed by atoms with Crippen LogP contribution in [0.25, 0.3) is 0 Å². The zero-order chi connectivity index (χ0) is 14.1. The molecule has 0 saturated carbocycles. The molecule has 0 radical (unpaired) electrons. The molecule has 20 heavy (non-hydrogen) atoms. The maximum Gasteiger partial charge on any atom is 0.292 e. The lowest BCUT2D eigenvalue weighted by Gasteiger charge is -2.15. The minimum Gasteiger partial charge on any atom is -0.435 e. The predicted molar refractivity (Wildman–Crippen MR) is 74.9 cm³/mol. The van der Waals surface area contributed by atoms with Gasteiger partial charge in [-0.2, -0.15) is 4.58 Å². The zero-order valence-electron chi connectivity index (χ0n) is 10.9. The zero-order valence-corrected chi connectivity index (χ0v) is 10.9. The van der Waals surface area contributed by atoms with Gasteiger partial charge in [0, 0.05) is 24.3 Å².